The van der Waals surface area contributed by atoms with Crippen LogP contribution in [0.2, 0.25) is 0 Å². The van der Waals surface area contributed by atoms with Gasteiger partial charge in [-0.3, -0.25) is 4.79 Å². The minimum absolute atomic E-state index is 0.0916. The summed E-state index contributed by atoms with van der Waals surface area (Å²) in [6.45, 7) is 3.03. The fourth-order valence-electron chi connectivity index (χ4n) is 1.21. The highest BCUT2D eigenvalue weighted by Crippen LogP contribution is 2.11. The van der Waals surface area contributed by atoms with Gasteiger partial charge in [-0.15, -0.1) is 0 Å². The molecule has 0 aromatic carbocycles. The van der Waals surface area contributed by atoms with Crippen molar-refractivity contribution in [1.82, 2.24) is 0 Å². The van der Waals surface area contributed by atoms with Crippen molar-refractivity contribution < 1.29 is 23.8 Å². The van der Waals surface area contributed by atoms with Gasteiger partial charge in [0, 0.05) is 19.6 Å². The van der Waals surface area contributed by atoms with Gasteiger partial charge >= 0.3 is 5.97 Å². The minimum atomic E-state index is -1.17. The summed E-state index contributed by atoms with van der Waals surface area (Å²) in [5.74, 6) is -1.50. The smallest absolute Gasteiger partial charge is 0.371 e. The number of carbonyl (C=O) groups is 2. The second-order valence-corrected chi connectivity index (χ2v) is 3.19. The summed E-state index contributed by atoms with van der Waals surface area (Å²) in [7, 11) is 0. The van der Waals surface area contributed by atoms with Gasteiger partial charge in [0.1, 0.15) is 0 Å². The molecule has 0 fully saturated rings. The Morgan fingerprint density at radius 1 is 1.38 bits per heavy atom. The molecule has 0 aliphatic rings. The molecule has 0 atom stereocenters. The molecule has 0 unspecified atom stereocenters. The lowest BCUT2D eigenvalue weighted by Crippen LogP contribution is -2.01. The van der Waals surface area contributed by atoms with E-state index in [0.717, 1.165) is 0 Å². The van der Waals surface area contributed by atoms with Crippen molar-refractivity contribution in [3.63, 3.8) is 0 Å². The second kappa shape index (κ2) is 6.07. The lowest BCUT2D eigenvalue weighted by Gasteiger charge is -1.99. The maximum Gasteiger partial charge on any atom is 0.371 e. The number of furan rings is 1. The van der Waals surface area contributed by atoms with E-state index >= 15 is 0 Å². The second-order valence-electron chi connectivity index (χ2n) is 3.19. The molecule has 1 aromatic rings. The van der Waals surface area contributed by atoms with E-state index in [9.17, 15) is 9.59 Å². The molecule has 5 nitrogen and oxygen atoms in total. The molecule has 0 aliphatic heterocycles. The molecule has 0 radical (unpaired) electrons. The number of aromatic carboxylic acids is 1. The average molecular weight is 226 g/mol. The Labute approximate surface area is 93.0 Å². The summed E-state index contributed by atoms with van der Waals surface area (Å²) in [6.07, 6.45) is 0.905. The van der Waals surface area contributed by atoms with Crippen LogP contribution in [0.25, 0.3) is 0 Å². The van der Waals surface area contributed by atoms with E-state index in [-0.39, 0.29) is 17.3 Å². The van der Waals surface area contributed by atoms with Gasteiger partial charge in [-0.1, -0.05) is 0 Å². The summed E-state index contributed by atoms with van der Waals surface area (Å²) in [5.41, 5.74) is 0. The van der Waals surface area contributed by atoms with Crippen LogP contribution in [-0.4, -0.2) is 30.1 Å². The van der Waals surface area contributed by atoms with Crippen LogP contribution in [-0.2, 0) is 4.74 Å². The normalized spacial score (nSPS) is 10.3. The summed E-state index contributed by atoms with van der Waals surface area (Å²) in [6, 6.07) is 2.66. The van der Waals surface area contributed by atoms with Crippen LogP contribution in [0.1, 0.15) is 40.9 Å². The van der Waals surface area contributed by atoms with Crippen LogP contribution < -0.4 is 0 Å². The van der Waals surface area contributed by atoms with Crippen molar-refractivity contribution in [3.8, 4) is 0 Å². The number of hydrogen-bond donors (Lipinski definition) is 1. The number of Topliss-reactive ketones (excluding diaryl/α,β-unsaturated/α-hetero) is 1. The Morgan fingerprint density at radius 3 is 2.62 bits per heavy atom. The first kappa shape index (κ1) is 12.4. The molecule has 16 heavy (non-hydrogen) atoms. The van der Waals surface area contributed by atoms with Crippen molar-refractivity contribution in [2.75, 3.05) is 13.2 Å². The zero-order valence-electron chi connectivity index (χ0n) is 9.06. The van der Waals surface area contributed by atoms with Gasteiger partial charge < -0.3 is 14.3 Å². The summed E-state index contributed by atoms with van der Waals surface area (Å²) >= 11 is 0. The van der Waals surface area contributed by atoms with Crippen LogP contribution in [0.15, 0.2) is 16.5 Å². The van der Waals surface area contributed by atoms with Crippen LogP contribution in [0, 0.1) is 0 Å². The SMILES string of the molecule is CCOCCCC(=O)c1ccc(C(=O)O)o1. The predicted octanol–water partition coefficient (Wildman–Crippen LogP) is 1.98. The number of carbonyl (C=O) groups excluding carboxylic acids is 1. The molecular formula is C11H14O5. The van der Waals surface area contributed by atoms with E-state index in [1.54, 1.807) is 0 Å². The van der Waals surface area contributed by atoms with Crippen LogP contribution in [0.3, 0.4) is 0 Å². The number of rotatable bonds is 7. The molecule has 0 saturated carbocycles. The number of carboxylic acid groups (broad SMARTS) is 1. The van der Waals surface area contributed by atoms with Gasteiger partial charge in [0.15, 0.2) is 11.5 Å². The molecule has 0 amide bonds. The molecule has 0 spiro atoms. The third-order valence-corrected chi connectivity index (χ3v) is 1.99. The lowest BCUT2D eigenvalue weighted by molar-refractivity contribution is 0.0659. The van der Waals surface area contributed by atoms with Gasteiger partial charge in [0.05, 0.1) is 0 Å². The molecule has 5 heteroatoms. The highest BCUT2D eigenvalue weighted by molar-refractivity contribution is 5.95. The summed E-state index contributed by atoms with van der Waals surface area (Å²) < 4.78 is 9.96. The maximum atomic E-state index is 11.5. The molecule has 1 aromatic heterocycles. The third kappa shape index (κ3) is 3.51. The Hall–Kier alpha value is -1.62. The van der Waals surface area contributed by atoms with Crippen LogP contribution >= 0.6 is 0 Å². The summed E-state index contributed by atoms with van der Waals surface area (Å²) in [5, 5.41) is 8.60. The first-order chi connectivity index (χ1) is 7.65. The van der Waals surface area contributed by atoms with E-state index in [0.29, 0.717) is 26.1 Å². The molecular weight excluding hydrogens is 212 g/mol. The molecule has 1 rings (SSSR count). The van der Waals surface area contributed by atoms with Gasteiger partial charge in [-0.05, 0) is 25.5 Å². The molecule has 0 bridgehead atoms. The predicted molar refractivity (Wildman–Crippen MR) is 55.7 cm³/mol. The zero-order valence-corrected chi connectivity index (χ0v) is 9.06. The highest BCUT2D eigenvalue weighted by atomic mass is 16.5. The van der Waals surface area contributed by atoms with E-state index in [4.69, 9.17) is 14.3 Å². The zero-order chi connectivity index (χ0) is 12.0. The Kier molecular flexibility index (Phi) is 4.72. The molecule has 1 heterocycles. The first-order valence-corrected chi connectivity index (χ1v) is 5.09. The molecule has 1 N–H and O–H groups in total. The van der Waals surface area contributed by atoms with E-state index in [2.05, 4.69) is 0 Å². The average Bonchev–Trinajstić information content (AvgIpc) is 2.73. The largest absolute Gasteiger partial charge is 0.475 e. The van der Waals surface area contributed by atoms with Crippen LogP contribution in [0.5, 0.6) is 0 Å². The van der Waals surface area contributed by atoms with E-state index in [1.807, 2.05) is 6.92 Å². The molecule has 0 aliphatic carbocycles. The van der Waals surface area contributed by atoms with E-state index in [1.165, 1.54) is 12.1 Å². The van der Waals surface area contributed by atoms with Gasteiger partial charge in [-0.2, -0.15) is 0 Å². The number of hydrogen-bond acceptors (Lipinski definition) is 4. The van der Waals surface area contributed by atoms with Gasteiger partial charge in [0.25, 0.3) is 0 Å². The number of carboxylic acids is 1. The Balaban J connectivity index is 2.43. The highest BCUT2D eigenvalue weighted by Gasteiger charge is 2.14. The van der Waals surface area contributed by atoms with E-state index < -0.39 is 5.97 Å². The van der Waals surface area contributed by atoms with Crippen molar-refractivity contribution in [1.29, 1.82) is 0 Å². The maximum absolute atomic E-state index is 11.5. The fraction of sp³-hybridized carbons (Fsp3) is 0.455. The standard InChI is InChI=1S/C11H14O5/c1-2-15-7-3-4-8(12)9-5-6-10(16-9)11(13)14/h5-6H,2-4,7H2,1H3,(H,13,14). The van der Waals surface area contributed by atoms with Gasteiger partial charge in [-0.25, -0.2) is 4.79 Å². The quantitative estimate of drug-likeness (QED) is 0.568. The topological polar surface area (TPSA) is 76.7 Å². The Bertz CT molecular complexity index is 366. The van der Waals surface area contributed by atoms with Crippen LogP contribution in [0.4, 0.5) is 0 Å². The Morgan fingerprint density at radius 2 is 2.06 bits per heavy atom. The number of ether oxygens (including phenoxy) is 1. The van der Waals surface area contributed by atoms with Crippen molar-refractivity contribution in [2.45, 2.75) is 19.8 Å². The monoisotopic (exact) mass is 226 g/mol. The molecule has 0 saturated heterocycles. The van der Waals surface area contributed by atoms with Gasteiger partial charge in [0.2, 0.25) is 5.76 Å². The molecule has 88 valence electrons. The van der Waals surface area contributed by atoms with Crippen molar-refractivity contribution in [2.24, 2.45) is 0 Å². The van der Waals surface area contributed by atoms with Crippen molar-refractivity contribution in [3.05, 3.63) is 23.7 Å². The fourth-order valence-corrected chi connectivity index (χ4v) is 1.21. The van der Waals surface area contributed by atoms with Crippen molar-refractivity contribution >= 4 is 11.8 Å². The third-order valence-electron chi connectivity index (χ3n) is 1.99. The lowest BCUT2D eigenvalue weighted by atomic mass is 10.2. The summed E-state index contributed by atoms with van der Waals surface area (Å²) in [4.78, 5) is 22.0. The first-order valence-electron chi connectivity index (χ1n) is 5.09. The minimum Gasteiger partial charge on any atom is -0.475 e. The number of ketones is 1.